The van der Waals surface area contributed by atoms with E-state index in [0.29, 0.717) is 11.5 Å². The molecule has 2 heterocycles. The van der Waals surface area contributed by atoms with Crippen molar-refractivity contribution in [1.82, 2.24) is 19.9 Å². The molecule has 0 bridgehead atoms. The number of nitrogens with zero attached hydrogens (tertiary/aromatic N) is 4. The highest BCUT2D eigenvalue weighted by atomic mass is 32.2. The Hall–Kier alpha value is -2.08. The lowest BCUT2D eigenvalue weighted by molar-refractivity contribution is 0.399. The largest absolute Gasteiger partial charge is 0.361 e. The third kappa shape index (κ3) is 2.22. The molecule has 6 heteroatoms. The fourth-order valence-electron chi connectivity index (χ4n) is 2.04. The molecule has 3 rings (SSSR count). The van der Waals surface area contributed by atoms with Crippen LogP contribution in [-0.4, -0.2) is 26.2 Å². The normalized spacial score (nSPS) is 10.9. The Kier molecular flexibility index (Phi) is 3.31. The van der Waals surface area contributed by atoms with E-state index in [4.69, 9.17) is 4.52 Å². The van der Waals surface area contributed by atoms with Crippen LogP contribution in [0.1, 0.15) is 11.3 Å². The molecule has 0 aliphatic heterocycles. The third-order valence-corrected chi connectivity index (χ3v) is 3.56. The lowest BCUT2D eigenvalue weighted by Gasteiger charge is -2.08. The maximum Gasteiger partial charge on any atom is 0.195 e. The van der Waals surface area contributed by atoms with Crippen LogP contribution in [0.25, 0.3) is 17.2 Å². The van der Waals surface area contributed by atoms with Gasteiger partial charge in [-0.25, -0.2) is 0 Å². The fraction of sp³-hybridized carbons (Fsp3) is 0.214. The lowest BCUT2D eigenvalue weighted by atomic mass is 10.2. The number of aryl methyl sites for hydroxylation is 2. The van der Waals surface area contributed by atoms with Gasteiger partial charge in [0, 0.05) is 6.07 Å². The minimum absolute atomic E-state index is 0.691. The molecule has 3 aromatic rings. The van der Waals surface area contributed by atoms with Crippen molar-refractivity contribution in [2.45, 2.75) is 19.0 Å². The summed E-state index contributed by atoms with van der Waals surface area (Å²) in [6.45, 7) is 3.92. The number of rotatable bonds is 3. The maximum atomic E-state index is 5.14. The molecular weight excluding hydrogens is 272 g/mol. The second-order valence-electron chi connectivity index (χ2n) is 4.51. The predicted octanol–water partition coefficient (Wildman–Crippen LogP) is 3.26. The van der Waals surface area contributed by atoms with Crippen LogP contribution in [0.5, 0.6) is 0 Å². The van der Waals surface area contributed by atoms with E-state index in [2.05, 4.69) is 34.4 Å². The van der Waals surface area contributed by atoms with Gasteiger partial charge in [-0.2, -0.15) is 0 Å². The SMILES string of the molecule is CSc1nnc(-c2cc(C)on2)n1-c1cccc(C)c1. The first-order chi connectivity index (χ1) is 9.69. The highest BCUT2D eigenvalue weighted by Crippen LogP contribution is 2.26. The van der Waals surface area contributed by atoms with Crippen molar-refractivity contribution >= 4 is 11.8 Å². The van der Waals surface area contributed by atoms with Gasteiger partial charge in [0.1, 0.15) is 5.76 Å². The minimum atomic E-state index is 0.691. The van der Waals surface area contributed by atoms with Crippen LogP contribution in [-0.2, 0) is 0 Å². The Balaban J connectivity index is 2.20. The number of hydrogen-bond acceptors (Lipinski definition) is 5. The first-order valence-corrected chi connectivity index (χ1v) is 7.41. The Bertz CT molecular complexity index is 747. The van der Waals surface area contributed by atoms with Crippen LogP contribution < -0.4 is 0 Å². The van der Waals surface area contributed by atoms with Crippen LogP contribution in [0.3, 0.4) is 0 Å². The first-order valence-electron chi connectivity index (χ1n) is 6.19. The highest BCUT2D eigenvalue weighted by molar-refractivity contribution is 7.98. The Morgan fingerprint density at radius 3 is 2.65 bits per heavy atom. The standard InChI is InChI=1S/C14H14N4OS/c1-9-5-4-6-11(7-9)18-13(15-16-14(18)20-3)12-8-10(2)19-17-12/h4-8H,1-3H3. The van der Waals surface area contributed by atoms with E-state index < -0.39 is 0 Å². The molecule has 0 spiro atoms. The molecule has 0 aliphatic carbocycles. The molecule has 0 saturated carbocycles. The molecule has 0 fully saturated rings. The molecule has 0 amide bonds. The Labute approximate surface area is 121 Å². The van der Waals surface area contributed by atoms with Crippen molar-refractivity contribution in [2.75, 3.05) is 6.26 Å². The van der Waals surface area contributed by atoms with E-state index in [0.717, 1.165) is 16.6 Å². The summed E-state index contributed by atoms with van der Waals surface area (Å²) in [7, 11) is 0. The molecule has 20 heavy (non-hydrogen) atoms. The number of thioether (sulfide) groups is 1. The summed E-state index contributed by atoms with van der Waals surface area (Å²) in [6, 6.07) is 10.1. The predicted molar refractivity (Wildman–Crippen MR) is 78.1 cm³/mol. The van der Waals surface area contributed by atoms with Crippen molar-refractivity contribution in [2.24, 2.45) is 0 Å². The van der Waals surface area contributed by atoms with Crippen molar-refractivity contribution in [3.05, 3.63) is 41.7 Å². The molecule has 1 aromatic carbocycles. The summed E-state index contributed by atoms with van der Waals surface area (Å²) >= 11 is 1.55. The van der Waals surface area contributed by atoms with E-state index in [9.17, 15) is 0 Å². The smallest absolute Gasteiger partial charge is 0.195 e. The topological polar surface area (TPSA) is 56.7 Å². The number of aromatic nitrogens is 4. The van der Waals surface area contributed by atoms with Crippen LogP contribution >= 0.6 is 11.8 Å². The molecule has 5 nitrogen and oxygen atoms in total. The summed E-state index contributed by atoms with van der Waals surface area (Å²) in [4.78, 5) is 0. The highest BCUT2D eigenvalue weighted by Gasteiger charge is 2.17. The van der Waals surface area contributed by atoms with Gasteiger partial charge in [-0.1, -0.05) is 29.1 Å². The van der Waals surface area contributed by atoms with Gasteiger partial charge in [0.15, 0.2) is 16.7 Å². The van der Waals surface area contributed by atoms with E-state index in [1.807, 2.05) is 35.9 Å². The molecule has 2 aromatic heterocycles. The average Bonchev–Trinajstić information content (AvgIpc) is 3.04. The summed E-state index contributed by atoms with van der Waals surface area (Å²) < 4.78 is 7.13. The zero-order chi connectivity index (χ0) is 14.1. The van der Waals surface area contributed by atoms with Crippen LogP contribution in [0.15, 0.2) is 40.0 Å². The monoisotopic (exact) mass is 286 g/mol. The Morgan fingerprint density at radius 2 is 2.00 bits per heavy atom. The molecule has 102 valence electrons. The Morgan fingerprint density at radius 1 is 1.15 bits per heavy atom. The van der Waals surface area contributed by atoms with Gasteiger partial charge in [-0.3, -0.25) is 4.57 Å². The van der Waals surface area contributed by atoms with E-state index in [1.54, 1.807) is 11.8 Å². The minimum Gasteiger partial charge on any atom is -0.361 e. The van der Waals surface area contributed by atoms with Gasteiger partial charge >= 0.3 is 0 Å². The van der Waals surface area contributed by atoms with Crippen LogP contribution in [0.4, 0.5) is 0 Å². The van der Waals surface area contributed by atoms with Gasteiger partial charge in [0.25, 0.3) is 0 Å². The molecule has 0 saturated heterocycles. The maximum absolute atomic E-state index is 5.14. The summed E-state index contributed by atoms with van der Waals surface area (Å²) in [5.41, 5.74) is 2.90. The van der Waals surface area contributed by atoms with Crippen molar-refractivity contribution in [3.63, 3.8) is 0 Å². The van der Waals surface area contributed by atoms with Gasteiger partial charge < -0.3 is 4.52 Å². The van der Waals surface area contributed by atoms with E-state index >= 15 is 0 Å². The van der Waals surface area contributed by atoms with Crippen LogP contribution in [0.2, 0.25) is 0 Å². The average molecular weight is 286 g/mol. The molecule has 0 N–H and O–H groups in total. The second-order valence-corrected chi connectivity index (χ2v) is 5.28. The quantitative estimate of drug-likeness (QED) is 0.692. The molecule has 0 unspecified atom stereocenters. The van der Waals surface area contributed by atoms with Crippen molar-refractivity contribution in [3.8, 4) is 17.2 Å². The third-order valence-electron chi connectivity index (χ3n) is 2.93. The van der Waals surface area contributed by atoms with Gasteiger partial charge in [-0.05, 0) is 37.8 Å². The van der Waals surface area contributed by atoms with Crippen molar-refractivity contribution < 1.29 is 4.52 Å². The zero-order valence-corrected chi connectivity index (χ0v) is 12.3. The first kappa shape index (κ1) is 12.9. The summed E-state index contributed by atoms with van der Waals surface area (Å²) in [6.07, 6.45) is 1.98. The van der Waals surface area contributed by atoms with Crippen LogP contribution in [0, 0.1) is 13.8 Å². The molecular formula is C14H14N4OS. The fourth-order valence-corrected chi connectivity index (χ4v) is 2.54. The van der Waals surface area contributed by atoms with E-state index in [-0.39, 0.29) is 0 Å². The number of benzene rings is 1. The van der Waals surface area contributed by atoms with Gasteiger partial charge in [0.05, 0.1) is 5.69 Å². The summed E-state index contributed by atoms with van der Waals surface area (Å²) in [5, 5.41) is 13.3. The zero-order valence-electron chi connectivity index (χ0n) is 11.5. The second kappa shape index (κ2) is 5.13. The van der Waals surface area contributed by atoms with Crippen molar-refractivity contribution in [1.29, 1.82) is 0 Å². The van der Waals surface area contributed by atoms with Gasteiger partial charge in [-0.15, -0.1) is 10.2 Å². The van der Waals surface area contributed by atoms with Gasteiger partial charge in [0.2, 0.25) is 0 Å². The summed E-state index contributed by atoms with van der Waals surface area (Å²) in [5.74, 6) is 1.45. The molecule has 0 radical (unpaired) electrons. The molecule has 0 aliphatic rings. The molecule has 0 atom stereocenters. The number of hydrogen-bond donors (Lipinski definition) is 0. The van der Waals surface area contributed by atoms with E-state index in [1.165, 1.54) is 5.56 Å². The lowest BCUT2D eigenvalue weighted by Crippen LogP contribution is -1.99.